The maximum atomic E-state index is 13.9. The summed E-state index contributed by atoms with van der Waals surface area (Å²) in [6, 6.07) is 12.6. The maximum Gasteiger partial charge on any atom is 0.163 e. The first-order chi connectivity index (χ1) is 16.2. The van der Waals surface area contributed by atoms with Gasteiger partial charge in [-0.15, -0.1) is 0 Å². The summed E-state index contributed by atoms with van der Waals surface area (Å²) >= 11 is 7.10. The summed E-state index contributed by atoms with van der Waals surface area (Å²) in [5.74, 6) is 0.990. The molecule has 1 aliphatic rings. The molecule has 0 aliphatic carbocycles. The number of hydrogen-bond donors (Lipinski definition) is 4. The van der Waals surface area contributed by atoms with Gasteiger partial charge in [-0.05, 0) is 75.2 Å². The Kier molecular flexibility index (Phi) is 7.25. The smallest absolute Gasteiger partial charge is 0.163 e. The Morgan fingerprint density at radius 2 is 1.91 bits per heavy atom. The number of nitrogens with zero attached hydrogens (tertiary/aromatic N) is 3. The highest BCUT2D eigenvalue weighted by Crippen LogP contribution is 2.30. The molecule has 7 nitrogen and oxygen atoms in total. The van der Waals surface area contributed by atoms with Gasteiger partial charge >= 0.3 is 0 Å². The van der Waals surface area contributed by atoms with Crippen LogP contribution in [0.1, 0.15) is 26.3 Å². The van der Waals surface area contributed by atoms with Crippen LogP contribution in [0, 0.1) is 11.2 Å². The van der Waals surface area contributed by atoms with Crippen LogP contribution >= 0.6 is 23.5 Å². The number of likely N-dealkylation sites (tertiary alicyclic amines) is 1. The maximum absolute atomic E-state index is 13.9. The predicted molar refractivity (Wildman–Crippen MR) is 139 cm³/mol. The van der Waals surface area contributed by atoms with E-state index in [1.54, 1.807) is 13.0 Å². The molecule has 0 saturated carbocycles. The van der Waals surface area contributed by atoms with Gasteiger partial charge in [-0.1, -0.05) is 11.6 Å². The van der Waals surface area contributed by atoms with E-state index in [-0.39, 0.29) is 17.7 Å². The van der Waals surface area contributed by atoms with Gasteiger partial charge in [0.05, 0.1) is 16.5 Å². The van der Waals surface area contributed by atoms with E-state index in [1.165, 1.54) is 12.1 Å². The highest BCUT2D eigenvalue weighted by molar-refractivity contribution is 8.00. The number of nitrogens with two attached hydrogens (primary N) is 1. The standard InChI is InChI=1S/C24H27ClFN7S/c1-13(2)33-11-18(12-33)29-24-21(14(3)27)22(28)30-23(31-24)15-4-7-17(8-5-15)32-34-20-10-16(25)6-9-19(20)26/h4-10,13,18,27,32H,11-12H2,1-3H3,(H3,28,29,30,31). The molecule has 0 unspecified atom stereocenters. The zero-order chi connectivity index (χ0) is 24.4. The highest BCUT2D eigenvalue weighted by atomic mass is 35.5. The fourth-order valence-electron chi connectivity index (χ4n) is 3.66. The molecule has 2 aromatic carbocycles. The van der Waals surface area contributed by atoms with Gasteiger partial charge in [-0.2, -0.15) is 0 Å². The van der Waals surface area contributed by atoms with Crippen molar-refractivity contribution in [1.29, 1.82) is 5.41 Å². The Bertz CT molecular complexity index is 1200. The molecule has 1 fully saturated rings. The van der Waals surface area contributed by atoms with E-state index in [0.717, 1.165) is 36.3 Å². The zero-order valence-corrected chi connectivity index (χ0v) is 20.8. The molecule has 0 amide bonds. The highest BCUT2D eigenvalue weighted by Gasteiger charge is 2.30. The SMILES string of the molecule is CC(=N)c1c(N)nc(-c2ccc(NSc3cc(Cl)ccc3F)cc2)nc1NC1CN(C(C)C)C1. The minimum atomic E-state index is -0.341. The van der Waals surface area contributed by atoms with Crippen LogP contribution in [0.25, 0.3) is 11.4 Å². The van der Waals surface area contributed by atoms with Gasteiger partial charge in [0, 0.05) is 41.1 Å². The monoisotopic (exact) mass is 499 g/mol. The van der Waals surface area contributed by atoms with Crippen molar-refractivity contribution in [3.8, 4) is 11.4 Å². The lowest BCUT2D eigenvalue weighted by Gasteiger charge is -2.42. The van der Waals surface area contributed by atoms with Crippen LogP contribution in [0.4, 0.5) is 21.7 Å². The van der Waals surface area contributed by atoms with Crippen LogP contribution in [0.3, 0.4) is 0 Å². The largest absolute Gasteiger partial charge is 0.383 e. The molecule has 0 radical (unpaired) electrons. The average molecular weight is 500 g/mol. The number of nitrogens with one attached hydrogen (secondary N) is 3. The second kappa shape index (κ2) is 10.2. The molecule has 3 aromatic rings. The molecule has 4 rings (SSSR count). The summed E-state index contributed by atoms with van der Waals surface area (Å²) in [7, 11) is 0. The molecule has 1 aromatic heterocycles. The van der Waals surface area contributed by atoms with Gasteiger partial charge in [-0.3, -0.25) is 4.90 Å². The first kappa shape index (κ1) is 24.3. The van der Waals surface area contributed by atoms with Gasteiger partial charge < -0.3 is 21.2 Å². The third kappa shape index (κ3) is 5.43. The summed E-state index contributed by atoms with van der Waals surface area (Å²) in [4.78, 5) is 11.9. The average Bonchev–Trinajstić information content (AvgIpc) is 2.76. The molecule has 2 heterocycles. The van der Waals surface area contributed by atoms with Crippen LogP contribution in [-0.4, -0.2) is 45.8 Å². The van der Waals surface area contributed by atoms with Crippen molar-refractivity contribution in [3.63, 3.8) is 0 Å². The van der Waals surface area contributed by atoms with E-state index in [4.69, 9.17) is 27.7 Å². The summed E-state index contributed by atoms with van der Waals surface area (Å²) in [5, 5.41) is 12.1. The van der Waals surface area contributed by atoms with E-state index in [9.17, 15) is 4.39 Å². The fourth-order valence-corrected chi connectivity index (χ4v) is 4.61. The third-order valence-corrected chi connectivity index (χ3v) is 6.71. The van der Waals surface area contributed by atoms with E-state index >= 15 is 0 Å². The number of benzene rings is 2. The van der Waals surface area contributed by atoms with Crippen molar-refractivity contribution in [3.05, 3.63) is 58.9 Å². The van der Waals surface area contributed by atoms with Gasteiger partial charge in [0.25, 0.3) is 0 Å². The van der Waals surface area contributed by atoms with Crippen molar-refractivity contribution in [1.82, 2.24) is 14.9 Å². The second-order valence-electron chi connectivity index (χ2n) is 8.53. The Labute approximate surface area is 208 Å². The van der Waals surface area contributed by atoms with Gasteiger partial charge in [0.15, 0.2) is 5.82 Å². The number of halogens is 2. The van der Waals surface area contributed by atoms with Crippen molar-refractivity contribution in [2.75, 3.05) is 28.9 Å². The summed E-state index contributed by atoms with van der Waals surface area (Å²) in [5.41, 5.74) is 8.65. The van der Waals surface area contributed by atoms with Gasteiger partial charge in [-0.25, -0.2) is 14.4 Å². The Morgan fingerprint density at radius 3 is 2.56 bits per heavy atom. The van der Waals surface area contributed by atoms with E-state index in [0.29, 0.717) is 38.9 Å². The number of rotatable bonds is 8. The van der Waals surface area contributed by atoms with Crippen LogP contribution < -0.4 is 15.8 Å². The molecule has 1 saturated heterocycles. The lowest BCUT2D eigenvalue weighted by Crippen LogP contribution is -2.57. The Morgan fingerprint density at radius 1 is 1.21 bits per heavy atom. The minimum Gasteiger partial charge on any atom is -0.383 e. The Hall–Kier alpha value is -2.88. The normalized spacial score (nSPS) is 14.2. The Balaban J connectivity index is 1.51. The third-order valence-electron chi connectivity index (χ3n) is 5.61. The van der Waals surface area contributed by atoms with Gasteiger partial charge in [0.2, 0.25) is 0 Å². The fraction of sp³-hybridized carbons (Fsp3) is 0.292. The zero-order valence-electron chi connectivity index (χ0n) is 19.2. The van der Waals surface area contributed by atoms with Crippen LogP contribution in [0.2, 0.25) is 5.02 Å². The van der Waals surface area contributed by atoms with Crippen LogP contribution in [0.15, 0.2) is 47.4 Å². The molecule has 1 aliphatic heterocycles. The summed E-state index contributed by atoms with van der Waals surface area (Å²) in [6.07, 6.45) is 0. The van der Waals surface area contributed by atoms with Crippen molar-refractivity contribution in [2.45, 2.75) is 37.8 Å². The lowest BCUT2D eigenvalue weighted by molar-refractivity contribution is 0.122. The lowest BCUT2D eigenvalue weighted by atomic mass is 10.1. The number of aromatic nitrogens is 2. The molecular weight excluding hydrogens is 473 g/mol. The second-order valence-corrected chi connectivity index (χ2v) is 9.81. The molecule has 10 heteroatoms. The molecule has 0 atom stereocenters. The van der Waals surface area contributed by atoms with Crippen LogP contribution in [-0.2, 0) is 0 Å². The van der Waals surface area contributed by atoms with Crippen molar-refractivity contribution >= 4 is 46.6 Å². The molecule has 178 valence electrons. The minimum absolute atomic E-state index is 0.248. The first-order valence-electron chi connectivity index (χ1n) is 10.9. The first-order valence-corrected chi connectivity index (χ1v) is 12.1. The molecular formula is C24H27ClFN7S. The molecule has 0 bridgehead atoms. The van der Waals surface area contributed by atoms with Crippen molar-refractivity contribution < 1.29 is 4.39 Å². The molecule has 5 N–H and O–H groups in total. The van der Waals surface area contributed by atoms with Crippen LogP contribution in [0.5, 0.6) is 0 Å². The summed E-state index contributed by atoms with van der Waals surface area (Å²) < 4.78 is 17.0. The van der Waals surface area contributed by atoms with Gasteiger partial charge in [0.1, 0.15) is 17.5 Å². The van der Waals surface area contributed by atoms with E-state index < -0.39 is 0 Å². The molecule has 0 spiro atoms. The van der Waals surface area contributed by atoms with Crippen molar-refractivity contribution in [2.24, 2.45) is 0 Å². The quantitative estimate of drug-likeness (QED) is 0.238. The van der Waals surface area contributed by atoms with E-state index in [1.807, 2.05) is 24.3 Å². The molecule has 34 heavy (non-hydrogen) atoms. The summed E-state index contributed by atoms with van der Waals surface area (Å²) in [6.45, 7) is 7.86. The number of nitrogen functional groups attached to an aromatic ring is 1. The van der Waals surface area contributed by atoms with E-state index in [2.05, 4.69) is 33.8 Å². The number of hydrogen-bond acceptors (Lipinski definition) is 8. The predicted octanol–water partition coefficient (Wildman–Crippen LogP) is 5.53. The number of anilines is 3. The topological polar surface area (TPSA) is 103 Å².